The van der Waals surface area contributed by atoms with Crippen molar-refractivity contribution in [2.75, 3.05) is 20.1 Å². The Labute approximate surface area is 89.0 Å². The molecule has 1 saturated heterocycles. The molecule has 0 bridgehead atoms. The lowest BCUT2D eigenvalue weighted by atomic mass is 10.2. The van der Waals surface area contributed by atoms with Crippen LogP contribution in [0.5, 0.6) is 0 Å². The van der Waals surface area contributed by atoms with Gasteiger partial charge in [0.2, 0.25) is 5.91 Å². The van der Waals surface area contributed by atoms with Crippen LogP contribution in [0.4, 0.5) is 4.79 Å². The number of nitrogens with zero attached hydrogens (tertiary/aromatic N) is 2. The molecule has 0 aliphatic carbocycles. The van der Waals surface area contributed by atoms with Gasteiger partial charge in [-0.25, -0.2) is 4.79 Å². The topological polar surface area (TPSA) is 57.7 Å². The first-order valence-corrected chi connectivity index (χ1v) is 5.07. The van der Waals surface area contributed by atoms with Crippen molar-refractivity contribution < 1.29 is 14.4 Å². The van der Waals surface area contributed by atoms with E-state index >= 15 is 0 Å². The van der Waals surface area contributed by atoms with Crippen molar-refractivity contribution in [3.05, 3.63) is 0 Å². The van der Waals surface area contributed by atoms with E-state index in [1.54, 1.807) is 14.0 Å². The number of imide groups is 1. The van der Waals surface area contributed by atoms with E-state index < -0.39 is 0 Å². The van der Waals surface area contributed by atoms with Crippen LogP contribution in [0, 0.1) is 0 Å². The number of Topliss-reactive ketones (excluding diaryl/α,β-unsaturated/α-hetero) is 1. The van der Waals surface area contributed by atoms with Gasteiger partial charge in [0.1, 0.15) is 12.3 Å². The first-order chi connectivity index (χ1) is 7.02. The number of hydrogen-bond acceptors (Lipinski definition) is 3. The van der Waals surface area contributed by atoms with Gasteiger partial charge in [-0.15, -0.1) is 0 Å². The van der Waals surface area contributed by atoms with Crippen molar-refractivity contribution in [1.82, 2.24) is 9.80 Å². The Hall–Kier alpha value is -1.39. The van der Waals surface area contributed by atoms with E-state index in [9.17, 15) is 14.4 Å². The summed E-state index contributed by atoms with van der Waals surface area (Å²) in [5.74, 6) is -0.00322. The summed E-state index contributed by atoms with van der Waals surface area (Å²) in [7, 11) is 1.61. The van der Waals surface area contributed by atoms with Crippen LogP contribution in [0.1, 0.15) is 26.2 Å². The van der Waals surface area contributed by atoms with Gasteiger partial charge in [-0.1, -0.05) is 0 Å². The molecule has 0 aromatic carbocycles. The molecule has 15 heavy (non-hydrogen) atoms. The summed E-state index contributed by atoms with van der Waals surface area (Å²) in [4.78, 5) is 36.0. The zero-order chi connectivity index (χ0) is 11.4. The van der Waals surface area contributed by atoms with Gasteiger partial charge < -0.3 is 9.69 Å². The maximum Gasteiger partial charge on any atom is 0.326 e. The van der Waals surface area contributed by atoms with Crippen LogP contribution in [-0.2, 0) is 9.59 Å². The van der Waals surface area contributed by atoms with E-state index in [1.165, 1.54) is 9.80 Å². The third kappa shape index (κ3) is 3.04. The Morgan fingerprint density at radius 2 is 2.00 bits per heavy atom. The molecule has 0 N–H and O–H groups in total. The van der Waals surface area contributed by atoms with Gasteiger partial charge >= 0.3 is 6.03 Å². The Balaban J connectivity index is 2.29. The highest BCUT2D eigenvalue weighted by Crippen LogP contribution is 2.09. The van der Waals surface area contributed by atoms with Crippen LogP contribution in [-0.4, -0.2) is 47.7 Å². The largest absolute Gasteiger partial charge is 0.326 e. The number of amides is 3. The summed E-state index contributed by atoms with van der Waals surface area (Å²) >= 11 is 0. The summed E-state index contributed by atoms with van der Waals surface area (Å²) in [6, 6.07) is -0.233. The molecule has 5 nitrogen and oxygen atoms in total. The van der Waals surface area contributed by atoms with Gasteiger partial charge in [0.05, 0.1) is 0 Å². The lowest BCUT2D eigenvalue weighted by molar-refractivity contribution is -0.125. The van der Waals surface area contributed by atoms with Crippen molar-refractivity contribution in [3.63, 3.8) is 0 Å². The van der Waals surface area contributed by atoms with Crippen LogP contribution in [0.15, 0.2) is 0 Å². The summed E-state index contributed by atoms with van der Waals surface area (Å²) in [5.41, 5.74) is 0. The first-order valence-electron chi connectivity index (χ1n) is 5.07. The Bertz CT molecular complexity index is 288. The van der Waals surface area contributed by atoms with E-state index in [2.05, 4.69) is 0 Å². The SMILES string of the molecule is CC(=O)CCCCN1C(=O)CN(C)C1=O. The van der Waals surface area contributed by atoms with Gasteiger partial charge in [-0.2, -0.15) is 0 Å². The van der Waals surface area contributed by atoms with E-state index in [-0.39, 0.29) is 24.3 Å². The summed E-state index contributed by atoms with van der Waals surface area (Å²) in [6.07, 6.45) is 1.95. The normalized spacial score (nSPS) is 16.4. The zero-order valence-corrected chi connectivity index (χ0v) is 9.15. The second kappa shape index (κ2) is 4.91. The Kier molecular flexibility index (Phi) is 3.82. The predicted octanol–water partition coefficient (Wildman–Crippen LogP) is 0.640. The Morgan fingerprint density at radius 3 is 2.47 bits per heavy atom. The highest BCUT2D eigenvalue weighted by molar-refractivity contribution is 6.01. The molecular formula is C10H16N2O3. The van der Waals surface area contributed by atoms with Gasteiger partial charge in [-0.3, -0.25) is 9.69 Å². The van der Waals surface area contributed by atoms with Crippen molar-refractivity contribution >= 4 is 17.7 Å². The average Bonchev–Trinajstić information content (AvgIpc) is 2.37. The molecule has 0 atom stereocenters. The van der Waals surface area contributed by atoms with E-state index in [4.69, 9.17) is 0 Å². The number of rotatable bonds is 5. The molecule has 1 aliphatic rings. The molecule has 0 radical (unpaired) electrons. The van der Waals surface area contributed by atoms with Crippen molar-refractivity contribution in [2.45, 2.75) is 26.2 Å². The number of unbranched alkanes of at least 4 members (excludes halogenated alkanes) is 1. The van der Waals surface area contributed by atoms with Crippen LogP contribution in [0.2, 0.25) is 0 Å². The van der Waals surface area contributed by atoms with Gasteiger partial charge in [0.15, 0.2) is 0 Å². The predicted molar refractivity (Wildman–Crippen MR) is 54.3 cm³/mol. The van der Waals surface area contributed by atoms with E-state index in [0.717, 1.165) is 6.42 Å². The lowest BCUT2D eigenvalue weighted by Crippen LogP contribution is -2.32. The third-order valence-corrected chi connectivity index (χ3v) is 2.39. The third-order valence-electron chi connectivity index (χ3n) is 2.39. The highest BCUT2D eigenvalue weighted by atomic mass is 16.2. The fourth-order valence-corrected chi connectivity index (χ4v) is 1.53. The zero-order valence-electron chi connectivity index (χ0n) is 9.15. The van der Waals surface area contributed by atoms with Gasteiger partial charge in [0, 0.05) is 20.0 Å². The number of carbonyl (C=O) groups excluding carboxylic acids is 3. The minimum Gasteiger partial charge on any atom is -0.318 e. The number of hydrogen-bond donors (Lipinski definition) is 0. The van der Waals surface area contributed by atoms with Crippen molar-refractivity contribution in [3.8, 4) is 0 Å². The average molecular weight is 212 g/mol. The first kappa shape index (κ1) is 11.7. The van der Waals surface area contributed by atoms with Crippen molar-refractivity contribution in [1.29, 1.82) is 0 Å². The molecule has 3 amide bonds. The number of urea groups is 1. The molecule has 0 saturated carbocycles. The molecule has 1 heterocycles. The quantitative estimate of drug-likeness (QED) is 0.496. The Morgan fingerprint density at radius 1 is 1.33 bits per heavy atom. The standard InChI is InChI=1S/C10H16N2O3/c1-8(13)5-3-4-6-12-9(14)7-11(2)10(12)15/h3-7H2,1-2H3. The molecule has 1 aliphatic heterocycles. The van der Waals surface area contributed by atoms with Crippen LogP contribution < -0.4 is 0 Å². The molecular weight excluding hydrogens is 196 g/mol. The molecule has 5 heteroatoms. The molecule has 0 aromatic rings. The van der Waals surface area contributed by atoms with E-state index in [0.29, 0.717) is 19.4 Å². The maximum atomic E-state index is 11.4. The van der Waals surface area contributed by atoms with Crippen LogP contribution in [0.25, 0.3) is 0 Å². The second-order valence-corrected chi connectivity index (χ2v) is 3.84. The molecule has 1 rings (SSSR count). The fraction of sp³-hybridized carbons (Fsp3) is 0.700. The molecule has 0 unspecified atom stereocenters. The second-order valence-electron chi connectivity index (χ2n) is 3.84. The van der Waals surface area contributed by atoms with Crippen LogP contribution in [0.3, 0.4) is 0 Å². The van der Waals surface area contributed by atoms with Gasteiger partial charge in [-0.05, 0) is 19.8 Å². The molecule has 84 valence electrons. The minimum absolute atomic E-state index is 0.145. The monoisotopic (exact) mass is 212 g/mol. The van der Waals surface area contributed by atoms with Crippen molar-refractivity contribution in [2.24, 2.45) is 0 Å². The van der Waals surface area contributed by atoms with Crippen LogP contribution >= 0.6 is 0 Å². The fourth-order valence-electron chi connectivity index (χ4n) is 1.53. The number of likely N-dealkylation sites (N-methyl/N-ethyl adjacent to an activating group) is 1. The van der Waals surface area contributed by atoms with Gasteiger partial charge in [0.25, 0.3) is 0 Å². The lowest BCUT2D eigenvalue weighted by Gasteiger charge is -2.13. The molecule has 0 spiro atoms. The van der Waals surface area contributed by atoms with E-state index in [1.807, 2.05) is 0 Å². The smallest absolute Gasteiger partial charge is 0.318 e. The highest BCUT2D eigenvalue weighted by Gasteiger charge is 2.32. The molecule has 1 fully saturated rings. The summed E-state index contributed by atoms with van der Waals surface area (Å²) in [5, 5.41) is 0. The number of ketones is 1. The summed E-state index contributed by atoms with van der Waals surface area (Å²) < 4.78 is 0. The molecule has 0 aromatic heterocycles. The maximum absolute atomic E-state index is 11.4. The summed E-state index contributed by atoms with van der Waals surface area (Å²) in [6.45, 7) is 2.14. The number of carbonyl (C=O) groups is 3. The minimum atomic E-state index is -0.233.